The smallest absolute Gasteiger partial charge is 0.160 e. The second-order valence-electron chi connectivity index (χ2n) is 6.35. The molecule has 1 aromatic carbocycles. The van der Waals surface area contributed by atoms with Gasteiger partial charge < -0.3 is 9.72 Å². The summed E-state index contributed by atoms with van der Waals surface area (Å²) in [4.78, 5) is 11.3. The zero-order chi connectivity index (χ0) is 16.4. The molecule has 1 N–H and O–H groups in total. The number of ether oxygens (including phenoxy) is 1. The molecular formula is C17H15F2N3OS. The van der Waals surface area contributed by atoms with Crippen molar-refractivity contribution < 1.29 is 13.5 Å². The molecule has 5 rings (SSSR count). The molecular weight excluding hydrogens is 332 g/mol. The molecule has 1 saturated heterocycles. The van der Waals surface area contributed by atoms with Crippen molar-refractivity contribution in [3.63, 3.8) is 0 Å². The maximum absolute atomic E-state index is 13.4. The number of epoxide rings is 1. The molecule has 2 aromatic heterocycles. The van der Waals surface area contributed by atoms with Crippen molar-refractivity contribution in [3.05, 3.63) is 51.1 Å². The highest BCUT2D eigenvalue weighted by Crippen LogP contribution is 2.43. The number of fused-ring (bicyclic) bond motifs is 2. The molecule has 0 saturated carbocycles. The summed E-state index contributed by atoms with van der Waals surface area (Å²) in [6.07, 6.45) is 0.887. The third-order valence-corrected chi connectivity index (χ3v) is 5.68. The van der Waals surface area contributed by atoms with E-state index in [1.165, 1.54) is 22.7 Å². The summed E-state index contributed by atoms with van der Waals surface area (Å²) in [5.41, 5.74) is 2.67. The Bertz CT molecular complexity index is 912. The average molecular weight is 347 g/mol. The van der Waals surface area contributed by atoms with Gasteiger partial charge in [-0.25, -0.2) is 13.8 Å². The molecule has 3 aromatic rings. The molecule has 0 bridgehead atoms. The lowest BCUT2D eigenvalue weighted by Gasteiger charge is -2.24. The van der Waals surface area contributed by atoms with Gasteiger partial charge in [-0.2, -0.15) is 0 Å². The van der Waals surface area contributed by atoms with E-state index in [9.17, 15) is 8.78 Å². The maximum Gasteiger partial charge on any atom is 0.160 e. The van der Waals surface area contributed by atoms with Gasteiger partial charge in [0.05, 0.1) is 10.7 Å². The summed E-state index contributed by atoms with van der Waals surface area (Å²) in [6.45, 7) is 3.80. The fourth-order valence-corrected chi connectivity index (χ4v) is 4.48. The zero-order valence-corrected chi connectivity index (χ0v) is 13.8. The second kappa shape index (κ2) is 5.08. The lowest BCUT2D eigenvalue weighted by molar-refractivity contribution is 0.161. The number of hydrogen-bond donors (Lipinski definition) is 1. The molecule has 124 valence electrons. The molecule has 2 atom stereocenters. The van der Waals surface area contributed by atoms with E-state index in [1.54, 1.807) is 11.3 Å². The Morgan fingerprint density at radius 2 is 2.12 bits per heavy atom. The molecule has 24 heavy (non-hydrogen) atoms. The van der Waals surface area contributed by atoms with Crippen LogP contribution in [0.15, 0.2) is 18.2 Å². The molecule has 2 aliphatic rings. The minimum absolute atomic E-state index is 0.0170. The van der Waals surface area contributed by atoms with Crippen molar-refractivity contribution in [2.24, 2.45) is 0 Å². The van der Waals surface area contributed by atoms with Crippen LogP contribution in [0.25, 0.3) is 10.9 Å². The number of hydrogen-bond acceptors (Lipinski definition) is 4. The standard InChI is InChI=1S/C17H15F2N3OS/c1-8-20-12-2-3-22(7-15(12)24-8)17-16(23-17)14-5-9-4-10(18)11(19)6-13(9)21-14/h4-6,16-17,21H,2-3,7H2,1H3. The van der Waals surface area contributed by atoms with Gasteiger partial charge >= 0.3 is 0 Å². The first-order valence-corrected chi connectivity index (χ1v) is 8.72. The minimum atomic E-state index is -0.840. The summed E-state index contributed by atoms with van der Waals surface area (Å²) >= 11 is 1.74. The van der Waals surface area contributed by atoms with Crippen LogP contribution in [0, 0.1) is 18.6 Å². The number of H-pyrrole nitrogens is 1. The van der Waals surface area contributed by atoms with E-state index < -0.39 is 11.6 Å². The quantitative estimate of drug-likeness (QED) is 0.720. The molecule has 0 amide bonds. The number of aryl methyl sites for hydroxylation is 1. The van der Waals surface area contributed by atoms with Crippen LogP contribution >= 0.6 is 11.3 Å². The Morgan fingerprint density at radius 3 is 3.00 bits per heavy atom. The molecule has 0 spiro atoms. The van der Waals surface area contributed by atoms with Gasteiger partial charge in [0.2, 0.25) is 0 Å². The third-order valence-electron chi connectivity index (χ3n) is 4.68. The number of halogens is 2. The number of benzene rings is 1. The van der Waals surface area contributed by atoms with E-state index in [1.807, 2.05) is 13.0 Å². The minimum Gasteiger partial charge on any atom is -0.356 e. The van der Waals surface area contributed by atoms with Crippen molar-refractivity contribution in [1.82, 2.24) is 14.9 Å². The van der Waals surface area contributed by atoms with Crippen LogP contribution in [0.5, 0.6) is 0 Å². The molecule has 0 aliphatic carbocycles. The number of nitrogens with one attached hydrogen (secondary N) is 1. The van der Waals surface area contributed by atoms with E-state index in [0.717, 1.165) is 30.2 Å². The van der Waals surface area contributed by atoms with E-state index in [4.69, 9.17) is 4.74 Å². The van der Waals surface area contributed by atoms with Gasteiger partial charge in [0.15, 0.2) is 11.6 Å². The summed E-state index contributed by atoms with van der Waals surface area (Å²) in [5, 5.41) is 1.77. The largest absolute Gasteiger partial charge is 0.356 e. The highest BCUT2D eigenvalue weighted by Gasteiger charge is 2.46. The van der Waals surface area contributed by atoms with Gasteiger partial charge in [0, 0.05) is 47.1 Å². The fourth-order valence-electron chi connectivity index (χ4n) is 3.47. The van der Waals surface area contributed by atoms with Gasteiger partial charge in [-0.15, -0.1) is 11.3 Å². The predicted molar refractivity (Wildman–Crippen MR) is 86.8 cm³/mol. The summed E-state index contributed by atoms with van der Waals surface area (Å²) < 4.78 is 32.5. The number of aromatic nitrogens is 2. The number of thiazole rings is 1. The number of aromatic amines is 1. The fraction of sp³-hybridized carbons (Fsp3) is 0.353. The predicted octanol–water partition coefficient (Wildman–Crippen LogP) is 3.67. The first-order valence-electron chi connectivity index (χ1n) is 7.91. The van der Waals surface area contributed by atoms with Crippen LogP contribution in [-0.4, -0.2) is 27.6 Å². The van der Waals surface area contributed by atoms with Crippen molar-refractivity contribution in [3.8, 4) is 0 Å². The molecule has 1 fully saturated rings. The van der Waals surface area contributed by atoms with Gasteiger partial charge in [0.25, 0.3) is 0 Å². The number of rotatable bonds is 2. The monoisotopic (exact) mass is 347 g/mol. The van der Waals surface area contributed by atoms with Crippen molar-refractivity contribution in [1.29, 1.82) is 0 Å². The molecule has 0 radical (unpaired) electrons. The van der Waals surface area contributed by atoms with E-state index in [2.05, 4.69) is 14.9 Å². The maximum atomic E-state index is 13.4. The first kappa shape index (κ1) is 14.5. The lowest BCUT2D eigenvalue weighted by atomic mass is 10.1. The van der Waals surface area contributed by atoms with E-state index in [0.29, 0.717) is 10.9 Å². The van der Waals surface area contributed by atoms with E-state index >= 15 is 0 Å². The van der Waals surface area contributed by atoms with Crippen LogP contribution in [-0.2, 0) is 17.7 Å². The molecule has 7 heteroatoms. The highest BCUT2D eigenvalue weighted by atomic mass is 32.1. The first-order chi connectivity index (χ1) is 11.6. The van der Waals surface area contributed by atoms with Crippen molar-refractivity contribution in [2.75, 3.05) is 6.54 Å². The van der Waals surface area contributed by atoms with Crippen LogP contribution in [0.3, 0.4) is 0 Å². The summed E-state index contributed by atoms with van der Waals surface area (Å²) in [5.74, 6) is -1.67. The Kier molecular flexibility index (Phi) is 3.07. The second-order valence-corrected chi connectivity index (χ2v) is 7.64. The molecule has 4 heterocycles. The number of nitrogens with zero attached hydrogens (tertiary/aromatic N) is 2. The Balaban J connectivity index is 1.37. The third kappa shape index (κ3) is 2.27. The van der Waals surface area contributed by atoms with Gasteiger partial charge in [-0.05, 0) is 19.1 Å². The van der Waals surface area contributed by atoms with Crippen molar-refractivity contribution in [2.45, 2.75) is 32.2 Å². The normalized spacial score (nSPS) is 23.6. The molecule has 4 nitrogen and oxygen atoms in total. The Hall–Kier alpha value is -1.83. The summed E-state index contributed by atoms with van der Waals surface area (Å²) in [7, 11) is 0. The van der Waals surface area contributed by atoms with E-state index in [-0.39, 0.29) is 12.3 Å². The molecule has 2 aliphatic heterocycles. The van der Waals surface area contributed by atoms with Crippen LogP contribution in [0.2, 0.25) is 0 Å². The highest BCUT2D eigenvalue weighted by molar-refractivity contribution is 7.11. The van der Waals surface area contributed by atoms with Crippen LogP contribution < -0.4 is 0 Å². The Labute approximate surface area is 141 Å². The summed E-state index contributed by atoms with van der Waals surface area (Å²) in [6, 6.07) is 4.25. The SMILES string of the molecule is Cc1nc2c(s1)CN(C1OC1c1cc3cc(F)c(F)cc3[nH]1)CC2. The molecule has 2 unspecified atom stereocenters. The van der Waals surface area contributed by atoms with Gasteiger partial charge in [0.1, 0.15) is 12.3 Å². The Morgan fingerprint density at radius 1 is 1.29 bits per heavy atom. The lowest BCUT2D eigenvalue weighted by Crippen LogP contribution is -2.32. The van der Waals surface area contributed by atoms with Gasteiger partial charge in [-0.1, -0.05) is 0 Å². The van der Waals surface area contributed by atoms with Crippen molar-refractivity contribution >= 4 is 22.2 Å². The van der Waals surface area contributed by atoms with Gasteiger partial charge in [-0.3, -0.25) is 4.90 Å². The topological polar surface area (TPSA) is 44.5 Å². The van der Waals surface area contributed by atoms with Crippen LogP contribution in [0.4, 0.5) is 8.78 Å². The van der Waals surface area contributed by atoms with Crippen LogP contribution in [0.1, 0.15) is 27.4 Å². The average Bonchev–Trinajstić information content (AvgIpc) is 3.11. The zero-order valence-electron chi connectivity index (χ0n) is 13.0.